The van der Waals surface area contributed by atoms with Crippen molar-refractivity contribution in [3.05, 3.63) is 12.8 Å². The Morgan fingerprint density at radius 1 is 1.31 bits per heavy atom. The van der Waals surface area contributed by atoms with Crippen molar-refractivity contribution in [2.45, 2.75) is 6.10 Å². The summed E-state index contributed by atoms with van der Waals surface area (Å²) >= 11 is 0. The second-order valence-corrected chi connectivity index (χ2v) is 6.31. The Morgan fingerprint density at radius 3 is 2.50 bits per heavy atom. The van der Waals surface area contributed by atoms with E-state index in [0.717, 1.165) is 6.26 Å². The smallest absolute Gasteiger partial charge is 0.344 e. The molecule has 16 heavy (non-hydrogen) atoms. The van der Waals surface area contributed by atoms with Crippen molar-refractivity contribution < 1.29 is 34.7 Å². The van der Waals surface area contributed by atoms with Crippen LogP contribution in [0.1, 0.15) is 0 Å². The van der Waals surface area contributed by atoms with Crippen molar-refractivity contribution in [3.63, 3.8) is 0 Å². The van der Waals surface area contributed by atoms with Gasteiger partial charge >= 0.3 is 5.97 Å². The van der Waals surface area contributed by atoms with Gasteiger partial charge in [0.25, 0.3) is 20.2 Å². The molecule has 0 aromatic rings. The molecule has 1 unspecified atom stereocenters. The third-order valence-electron chi connectivity index (χ3n) is 1.41. The average molecular weight is 272 g/mol. The Balaban J connectivity index is 2.94. The summed E-state index contributed by atoms with van der Waals surface area (Å²) in [4.78, 5) is 11.1. The number of hydrogen-bond acceptors (Lipinski definition) is 8. The summed E-state index contributed by atoms with van der Waals surface area (Å²) in [5.41, 5.74) is 0. The van der Waals surface area contributed by atoms with Crippen molar-refractivity contribution in [3.8, 4) is 0 Å². The molecular weight excluding hydrogens is 264 g/mol. The highest BCUT2D eigenvalue weighted by Crippen LogP contribution is 2.13. The molecule has 8 nitrogen and oxygen atoms in total. The van der Waals surface area contributed by atoms with Crippen molar-refractivity contribution >= 4 is 26.2 Å². The molecule has 0 amide bonds. The Labute approximate surface area is 92.0 Å². The normalized spacial score (nSPS) is 27.6. The van der Waals surface area contributed by atoms with E-state index < -0.39 is 44.0 Å². The fourth-order valence-electron chi connectivity index (χ4n) is 0.874. The molecule has 0 spiro atoms. The molecular formula is C6H8O8S2. The Kier molecular flexibility index (Phi) is 3.68. The molecule has 1 atom stereocenters. The molecule has 1 rings (SSSR count). The van der Waals surface area contributed by atoms with Crippen LogP contribution in [-0.2, 0) is 38.1 Å². The standard InChI is InChI=1S/C6H8O8S2/c1-2-12-6(7)5-3-13-15(8,9)4-16(10,11)14-5/h2,5H,1,3-4H2. The van der Waals surface area contributed by atoms with Crippen LogP contribution in [0.5, 0.6) is 0 Å². The van der Waals surface area contributed by atoms with E-state index >= 15 is 0 Å². The zero-order valence-corrected chi connectivity index (χ0v) is 9.49. The van der Waals surface area contributed by atoms with Crippen LogP contribution in [0.4, 0.5) is 0 Å². The largest absolute Gasteiger partial charge is 0.433 e. The molecule has 1 aliphatic heterocycles. The van der Waals surface area contributed by atoms with Gasteiger partial charge in [0.1, 0.15) is 6.61 Å². The van der Waals surface area contributed by atoms with E-state index in [1.165, 1.54) is 0 Å². The van der Waals surface area contributed by atoms with Crippen LogP contribution in [0.25, 0.3) is 0 Å². The van der Waals surface area contributed by atoms with E-state index in [1.807, 2.05) is 0 Å². The lowest BCUT2D eigenvalue weighted by atomic mass is 10.4. The second-order valence-electron chi connectivity index (χ2n) is 2.71. The summed E-state index contributed by atoms with van der Waals surface area (Å²) in [6.45, 7) is 2.32. The molecule has 0 saturated carbocycles. The molecule has 1 heterocycles. The topological polar surface area (TPSA) is 113 Å². The molecule has 0 aliphatic carbocycles. The second kappa shape index (κ2) is 4.49. The van der Waals surface area contributed by atoms with Gasteiger partial charge in [0, 0.05) is 0 Å². The summed E-state index contributed by atoms with van der Waals surface area (Å²) in [5.74, 6) is -1.10. The number of esters is 1. The zero-order valence-electron chi connectivity index (χ0n) is 7.86. The maximum absolute atomic E-state index is 11.1. The molecule has 1 aliphatic rings. The quantitative estimate of drug-likeness (QED) is 0.346. The van der Waals surface area contributed by atoms with Gasteiger partial charge in [-0.1, -0.05) is 6.58 Å². The molecule has 1 fully saturated rings. The molecule has 0 N–H and O–H groups in total. The van der Waals surface area contributed by atoms with Crippen LogP contribution in [0.2, 0.25) is 0 Å². The lowest BCUT2D eigenvalue weighted by Gasteiger charge is -2.09. The van der Waals surface area contributed by atoms with Crippen molar-refractivity contribution in [1.29, 1.82) is 0 Å². The summed E-state index contributed by atoms with van der Waals surface area (Å²) in [6, 6.07) is 0. The summed E-state index contributed by atoms with van der Waals surface area (Å²) < 4.78 is 56.9. The van der Waals surface area contributed by atoms with E-state index in [-0.39, 0.29) is 0 Å². The molecule has 1 saturated heterocycles. The van der Waals surface area contributed by atoms with E-state index in [2.05, 4.69) is 19.7 Å². The van der Waals surface area contributed by atoms with Crippen LogP contribution < -0.4 is 0 Å². The van der Waals surface area contributed by atoms with Gasteiger partial charge in [-0.25, -0.2) is 4.79 Å². The highest BCUT2D eigenvalue weighted by atomic mass is 32.3. The Morgan fingerprint density at radius 2 is 1.94 bits per heavy atom. The predicted octanol–water partition coefficient (Wildman–Crippen LogP) is -1.29. The molecule has 0 radical (unpaired) electrons. The molecule has 0 aromatic carbocycles. The van der Waals surface area contributed by atoms with E-state index in [9.17, 15) is 21.6 Å². The SMILES string of the molecule is C=COC(=O)C1COS(=O)(=O)CS(=O)(=O)O1. The lowest BCUT2D eigenvalue weighted by molar-refractivity contribution is -0.146. The maximum atomic E-state index is 11.1. The summed E-state index contributed by atoms with van der Waals surface area (Å²) in [7, 11) is -8.64. The third kappa shape index (κ3) is 3.56. The van der Waals surface area contributed by atoms with Gasteiger partial charge in [0.2, 0.25) is 5.08 Å². The van der Waals surface area contributed by atoms with Gasteiger partial charge in [-0.15, -0.1) is 0 Å². The number of ether oxygens (including phenoxy) is 1. The lowest BCUT2D eigenvalue weighted by Crippen LogP contribution is -2.30. The molecule has 10 heteroatoms. The van der Waals surface area contributed by atoms with Crippen LogP contribution in [0.15, 0.2) is 12.8 Å². The van der Waals surface area contributed by atoms with E-state index in [0.29, 0.717) is 0 Å². The number of carbonyl (C=O) groups excluding carboxylic acids is 1. The molecule has 92 valence electrons. The minimum Gasteiger partial charge on any atom is -0.433 e. The fourth-order valence-corrected chi connectivity index (χ4v) is 3.60. The van der Waals surface area contributed by atoms with Gasteiger partial charge in [0.15, 0.2) is 6.10 Å². The van der Waals surface area contributed by atoms with Crippen LogP contribution >= 0.6 is 0 Å². The Bertz CT molecular complexity index is 487. The monoisotopic (exact) mass is 272 g/mol. The van der Waals surface area contributed by atoms with Crippen molar-refractivity contribution in [2.75, 3.05) is 11.7 Å². The van der Waals surface area contributed by atoms with E-state index in [4.69, 9.17) is 0 Å². The van der Waals surface area contributed by atoms with Crippen LogP contribution in [-0.4, -0.2) is 40.6 Å². The highest BCUT2D eigenvalue weighted by Gasteiger charge is 2.37. The first-order chi connectivity index (χ1) is 7.26. The summed E-state index contributed by atoms with van der Waals surface area (Å²) in [5, 5.41) is -1.34. The zero-order chi connectivity index (χ0) is 12.4. The summed E-state index contributed by atoms with van der Waals surface area (Å²) in [6.07, 6.45) is -0.891. The van der Waals surface area contributed by atoms with Gasteiger partial charge in [-0.2, -0.15) is 16.8 Å². The maximum Gasteiger partial charge on any atom is 0.344 e. The molecule has 0 aromatic heterocycles. The highest BCUT2D eigenvalue weighted by molar-refractivity contribution is 8.03. The van der Waals surface area contributed by atoms with Crippen LogP contribution in [0.3, 0.4) is 0 Å². The first kappa shape index (κ1) is 13.1. The molecule has 0 bridgehead atoms. The van der Waals surface area contributed by atoms with Crippen molar-refractivity contribution in [2.24, 2.45) is 0 Å². The number of rotatable bonds is 2. The first-order valence-electron chi connectivity index (χ1n) is 3.85. The average Bonchev–Trinajstić information content (AvgIpc) is 2.20. The number of hydrogen-bond donors (Lipinski definition) is 0. The van der Waals surface area contributed by atoms with Gasteiger partial charge < -0.3 is 4.74 Å². The Hall–Kier alpha value is -0.970. The van der Waals surface area contributed by atoms with Gasteiger partial charge in [-0.3, -0.25) is 8.37 Å². The minimum absolute atomic E-state index is 0.756. The first-order valence-corrected chi connectivity index (χ1v) is 7.01. The fraction of sp³-hybridized carbons (Fsp3) is 0.500. The van der Waals surface area contributed by atoms with E-state index in [1.54, 1.807) is 0 Å². The van der Waals surface area contributed by atoms with Gasteiger partial charge in [-0.05, 0) is 0 Å². The van der Waals surface area contributed by atoms with Crippen molar-refractivity contribution in [1.82, 2.24) is 0 Å². The third-order valence-corrected chi connectivity index (χ3v) is 4.74. The number of carbonyl (C=O) groups is 1. The minimum atomic E-state index is -4.39. The predicted molar refractivity (Wildman–Crippen MR) is 49.8 cm³/mol. The van der Waals surface area contributed by atoms with Gasteiger partial charge in [0.05, 0.1) is 6.26 Å². The van der Waals surface area contributed by atoms with Crippen LogP contribution in [0, 0.1) is 0 Å².